The van der Waals surface area contributed by atoms with E-state index < -0.39 is 28.5 Å². The lowest BCUT2D eigenvalue weighted by Gasteiger charge is -2.07. The average molecular weight is 420 g/mol. The normalized spacial score (nSPS) is 11.3. The molecule has 0 aliphatic carbocycles. The molecule has 0 spiro atoms. The summed E-state index contributed by atoms with van der Waals surface area (Å²) in [6.07, 6.45) is 0.392. The van der Waals surface area contributed by atoms with Crippen LogP contribution in [-0.2, 0) is 30.8 Å². The Morgan fingerprint density at radius 2 is 1.86 bits per heavy atom. The first kappa shape index (κ1) is 19.9. The number of esters is 1. The summed E-state index contributed by atoms with van der Waals surface area (Å²) >= 11 is 1.04. The second-order valence-electron chi connectivity index (χ2n) is 5.84. The van der Waals surface area contributed by atoms with Gasteiger partial charge >= 0.3 is 5.97 Å². The SMILES string of the molecule is NS(=O)(=O)c1ccc(CCC(=O)OCC(=O)Nc2cccc3nsnc23)cc1. The van der Waals surface area contributed by atoms with Gasteiger partial charge in [0, 0.05) is 6.42 Å². The number of ether oxygens (including phenoxy) is 1. The molecule has 3 rings (SSSR count). The Morgan fingerprint density at radius 1 is 1.11 bits per heavy atom. The molecule has 0 fully saturated rings. The van der Waals surface area contributed by atoms with Crippen molar-refractivity contribution >= 4 is 50.3 Å². The second kappa shape index (κ2) is 8.42. The van der Waals surface area contributed by atoms with Crippen molar-refractivity contribution in [1.82, 2.24) is 8.75 Å². The number of sulfonamides is 1. The van der Waals surface area contributed by atoms with Crippen LogP contribution in [0.5, 0.6) is 0 Å². The van der Waals surface area contributed by atoms with Gasteiger partial charge in [-0.1, -0.05) is 18.2 Å². The minimum atomic E-state index is -3.75. The number of hydrogen-bond acceptors (Lipinski definition) is 8. The van der Waals surface area contributed by atoms with E-state index >= 15 is 0 Å². The van der Waals surface area contributed by atoms with Gasteiger partial charge in [0.2, 0.25) is 10.0 Å². The number of primary sulfonamides is 1. The highest BCUT2D eigenvalue weighted by Crippen LogP contribution is 2.21. The second-order valence-corrected chi connectivity index (χ2v) is 7.93. The van der Waals surface area contributed by atoms with Gasteiger partial charge in [-0.2, -0.15) is 8.75 Å². The number of nitrogens with one attached hydrogen (secondary N) is 1. The lowest BCUT2D eigenvalue weighted by molar-refractivity contribution is -0.147. The molecule has 28 heavy (non-hydrogen) atoms. The van der Waals surface area contributed by atoms with E-state index in [9.17, 15) is 18.0 Å². The highest BCUT2D eigenvalue weighted by atomic mass is 32.2. The number of benzene rings is 2. The van der Waals surface area contributed by atoms with Gasteiger partial charge in [-0.15, -0.1) is 0 Å². The number of amides is 1. The van der Waals surface area contributed by atoms with Crippen molar-refractivity contribution in [3.05, 3.63) is 48.0 Å². The van der Waals surface area contributed by atoms with Crippen LogP contribution in [0.3, 0.4) is 0 Å². The monoisotopic (exact) mass is 420 g/mol. The van der Waals surface area contributed by atoms with Crippen LogP contribution >= 0.6 is 11.7 Å². The summed E-state index contributed by atoms with van der Waals surface area (Å²) in [4.78, 5) is 23.8. The molecule has 9 nitrogen and oxygen atoms in total. The van der Waals surface area contributed by atoms with E-state index in [1.54, 1.807) is 30.3 Å². The van der Waals surface area contributed by atoms with Crippen molar-refractivity contribution in [2.75, 3.05) is 11.9 Å². The smallest absolute Gasteiger partial charge is 0.306 e. The Balaban J connectivity index is 1.46. The Morgan fingerprint density at radius 3 is 2.57 bits per heavy atom. The van der Waals surface area contributed by atoms with Crippen molar-refractivity contribution in [3.8, 4) is 0 Å². The Kier molecular flexibility index (Phi) is 5.97. The predicted octanol–water partition coefficient (Wildman–Crippen LogP) is 1.45. The van der Waals surface area contributed by atoms with Gasteiger partial charge in [-0.3, -0.25) is 9.59 Å². The fourth-order valence-corrected chi connectivity index (χ4v) is 3.47. The zero-order valence-corrected chi connectivity index (χ0v) is 16.1. The van der Waals surface area contributed by atoms with Gasteiger partial charge in [-0.25, -0.2) is 13.6 Å². The molecular weight excluding hydrogens is 404 g/mol. The number of hydrogen-bond donors (Lipinski definition) is 2. The van der Waals surface area contributed by atoms with Crippen molar-refractivity contribution in [2.24, 2.45) is 5.14 Å². The molecule has 146 valence electrons. The molecule has 0 saturated carbocycles. The number of nitrogens with zero attached hydrogens (tertiary/aromatic N) is 2. The molecule has 11 heteroatoms. The fraction of sp³-hybridized carbons (Fsp3) is 0.176. The van der Waals surface area contributed by atoms with Crippen LogP contribution in [-0.4, -0.2) is 35.6 Å². The van der Waals surface area contributed by atoms with E-state index in [1.165, 1.54) is 12.1 Å². The summed E-state index contributed by atoms with van der Waals surface area (Å²) in [5, 5.41) is 7.67. The first-order chi connectivity index (χ1) is 13.3. The quantitative estimate of drug-likeness (QED) is 0.551. The number of carbonyl (C=O) groups excluding carboxylic acids is 2. The van der Waals surface area contributed by atoms with Crippen LogP contribution < -0.4 is 10.5 Å². The third-order valence-electron chi connectivity index (χ3n) is 3.79. The summed E-state index contributed by atoms with van der Waals surface area (Å²) in [5.74, 6) is -1.02. The zero-order valence-electron chi connectivity index (χ0n) is 14.5. The molecule has 0 aliphatic rings. The Labute approximate surface area is 164 Å². The number of nitrogens with two attached hydrogens (primary N) is 1. The van der Waals surface area contributed by atoms with Crippen LogP contribution in [0.15, 0.2) is 47.4 Å². The molecule has 0 aliphatic heterocycles. The zero-order chi connectivity index (χ0) is 20.1. The molecule has 3 N–H and O–H groups in total. The number of aromatic nitrogens is 2. The van der Waals surface area contributed by atoms with Gasteiger partial charge in [0.15, 0.2) is 6.61 Å². The summed E-state index contributed by atoms with van der Waals surface area (Å²) < 4.78 is 35.6. The maximum atomic E-state index is 12.0. The number of aryl methyl sites for hydroxylation is 1. The molecular formula is C17H16N4O5S2. The van der Waals surface area contributed by atoms with Crippen molar-refractivity contribution in [1.29, 1.82) is 0 Å². The highest BCUT2D eigenvalue weighted by Gasteiger charge is 2.12. The van der Waals surface area contributed by atoms with Gasteiger partial charge in [-0.05, 0) is 36.2 Å². The molecule has 0 atom stereocenters. The van der Waals surface area contributed by atoms with Crippen molar-refractivity contribution in [3.63, 3.8) is 0 Å². The summed E-state index contributed by atoms with van der Waals surface area (Å²) in [7, 11) is -3.75. The topological polar surface area (TPSA) is 141 Å². The van der Waals surface area contributed by atoms with Crippen LogP contribution in [0.2, 0.25) is 0 Å². The minimum absolute atomic E-state index is 0.000768. The van der Waals surface area contributed by atoms with E-state index in [0.717, 1.165) is 17.3 Å². The van der Waals surface area contributed by atoms with Crippen molar-refractivity contribution in [2.45, 2.75) is 17.7 Å². The number of carbonyl (C=O) groups is 2. The maximum Gasteiger partial charge on any atom is 0.306 e. The third kappa shape index (κ3) is 5.09. The van der Waals surface area contributed by atoms with E-state index in [2.05, 4.69) is 14.1 Å². The lowest BCUT2D eigenvalue weighted by atomic mass is 10.1. The number of anilines is 1. The van der Waals surface area contributed by atoms with E-state index in [0.29, 0.717) is 23.1 Å². The Bertz CT molecular complexity index is 1110. The number of fused-ring (bicyclic) bond motifs is 1. The van der Waals surface area contributed by atoms with Gasteiger partial charge in [0.1, 0.15) is 11.0 Å². The van der Waals surface area contributed by atoms with Gasteiger partial charge < -0.3 is 10.1 Å². The third-order valence-corrected chi connectivity index (χ3v) is 5.27. The first-order valence-corrected chi connectivity index (χ1v) is 10.4. The molecule has 1 heterocycles. The highest BCUT2D eigenvalue weighted by molar-refractivity contribution is 7.89. The lowest BCUT2D eigenvalue weighted by Crippen LogP contribution is -2.21. The van der Waals surface area contributed by atoms with Crippen LogP contribution in [0, 0.1) is 0 Å². The van der Waals surface area contributed by atoms with Crippen LogP contribution in [0.1, 0.15) is 12.0 Å². The molecule has 1 amide bonds. The van der Waals surface area contributed by atoms with Crippen LogP contribution in [0.4, 0.5) is 5.69 Å². The molecule has 2 aromatic carbocycles. The van der Waals surface area contributed by atoms with Crippen LogP contribution in [0.25, 0.3) is 11.0 Å². The van der Waals surface area contributed by atoms with E-state index in [1.807, 2.05) is 0 Å². The molecule has 0 saturated heterocycles. The standard InChI is InChI=1S/C17H16N4O5S2/c18-28(24,25)12-7-4-11(5-8-12)6-9-16(23)26-10-15(22)19-13-2-1-3-14-17(13)21-27-20-14/h1-5,7-8H,6,9-10H2,(H,19,22)(H2,18,24,25). The van der Waals surface area contributed by atoms with E-state index in [-0.39, 0.29) is 11.3 Å². The largest absolute Gasteiger partial charge is 0.456 e. The van der Waals surface area contributed by atoms with E-state index in [4.69, 9.17) is 9.88 Å². The summed E-state index contributed by atoms with van der Waals surface area (Å²) in [5.41, 5.74) is 2.50. The molecule has 1 aromatic heterocycles. The maximum absolute atomic E-state index is 12.0. The predicted molar refractivity (Wildman–Crippen MR) is 103 cm³/mol. The summed E-state index contributed by atoms with van der Waals surface area (Å²) in [6.45, 7) is -0.420. The molecule has 0 bridgehead atoms. The fourth-order valence-electron chi connectivity index (χ4n) is 2.40. The van der Waals surface area contributed by atoms with Gasteiger partial charge in [0.05, 0.1) is 22.3 Å². The minimum Gasteiger partial charge on any atom is -0.456 e. The van der Waals surface area contributed by atoms with Crippen molar-refractivity contribution < 1.29 is 22.7 Å². The number of rotatable bonds is 7. The molecule has 0 radical (unpaired) electrons. The molecule has 0 unspecified atom stereocenters. The Hall–Kier alpha value is -2.89. The first-order valence-electron chi connectivity index (χ1n) is 8.11. The average Bonchev–Trinajstić information content (AvgIpc) is 3.14. The van der Waals surface area contributed by atoms with Gasteiger partial charge in [0.25, 0.3) is 5.91 Å². The summed E-state index contributed by atoms with van der Waals surface area (Å²) in [6, 6.07) is 11.1. The molecule has 3 aromatic rings.